The zero-order valence-electron chi connectivity index (χ0n) is 21.5. The van der Waals surface area contributed by atoms with Crippen LogP contribution in [0.4, 0.5) is 11.4 Å². The van der Waals surface area contributed by atoms with Crippen molar-refractivity contribution < 1.29 is 14.3 Å². The maximum atomic E-state index is 12.5. The van der Waals surface area contributed by atoms with E-state index in [1.54, 1.807) is 12.2 Å². The molecule has 3 rings (SSSR count). The van der Waals surface area contributed by atoms with Gasteiger partial charge in [-0.2, -0.15) is 0 Å². The van der Waals surface area contributed by atoms with Gasteiger partial charge in [0.25, 0.3) is 5.78 Å². The maximum Gasteiger partial charge on any atom is 0.261 e. The summed E-state index contributed by atoms with van der Waals surface area (Å²) in [6.07, 6.45) is 5.59. The minimum atomic E-state index is -0.260. The highest BCUT2D eigenvalue weighted by molar-refractivity contribution is 6.08. The molecule has 5 heteroatoms. The fourth-order valence-electron chi connectivity index (χ4n) is 4.37. The fraction of sp³-hybridized carbons (Fsp3) is 0.345. The van der Waals surface area contributed by atoms with E-state index in [2.05, 4.69) is 69.0 Å². The Morgan fingerprint density at radius 2 is 1.47 bits per heavy atom. The number of benzene rings is 2. The van der Waals surface area contributed by atoms with Gasteiger partial charge >= 0.3 is 0 Å². The molecular formula is C29H36N2O3. The Bertz CT molecular complexity index is 1140. The number of Topliss-reactive ketones (excluding diaryl/α,β-unsaturated/α-hetero) is 1. The molecule has 0 spiro atoms. The minimum Gasteiger partial charge on any atom is -0.492 e. The Balaban J connectivity index is 2.35. The second kappa shape index (κ2) is 10.2. The zero-order valence-corrected chi connectivity index (χ0v) is 21.5. The summed E-state index contributed by atoms with van der Waals surface area (Å²) in [5.74, 6) is 0.743. The van der Waals surface area contributed by atoms with E-state index >= 15 is 0 Å². The van der Waals surface area contributed by atoms with E-state index in [0.29, 0.717) is 0 Å². The Kier molecular flexibility index (Phi) is 7.55. The summed E-state index contributed by atoms with van der Waals surface area (Å²) in [7, 11) is 7.05. The van der Waals surface area contributed by atoms with Crippen LogP contribution in [-0.2, 0) is 14.3 Å². The molecule has 0 fully saturated rings. The summed E-state index contributed by atoms with van der Waals surface area (Å²) < 4.78 is 10.6. The summed E-state index contributed by atoms with van der Waals surface area (Å²) in [4.78, 5) is 14.5. The highest BCUT2D eigenvalue weighted by Gasteiger charge is 2.24. The van der Waals surface area contributed by atoms with Crippen molar-refractivity contribution in [3.8, 4) is 11.1 Å². The van der Waals surface area contributed by atoms with Gasteiger partial charge < -0.3 is 20.1 Å². The lowest BCUT2D eigenvalue weighted by Gasteiger charge is -2.24. The second-order valence-electron chi connectivity index (χ2n) is 9.41. The normalized spacial score (nSPS) is 13.7. The minimum absolute atomic E-state index is 0.225. The van der Waals surface area contributed by atoms with E-state index in [4.69, 9.17) is 15.2 Å². The molecule has 180 valence electrons. The number of nitrogens with two attached hydrogens (primary N) is 1. The zero-order chi connectivity index (χ0) is 25.2. The quantitative estimate of drug-likeness (QED) is 0.493. The average Bonchev–Trinajstić information content (AvgIpc) is 2.80. The van der Waals surface area contributed by atoms with Crippen molar-refractivity contribution in [3.63, 3.8) is 0 Å². The molecule has 34 heavy (non-hydrogen) atoms. The van der Waals surface area contributed by atoms with Gasteiger partial charge in [0.05, 0.1) is 14.2 Å². The predicted molar refractivity (Wildman–Crippen MR) is 142 cm³/mol. The predicted octanol–water partition coefficient (Wildman–Crippen LogP) is 6.28. The van der Waals surface area contributed by atoms with Crippen LogP contribution < -0.4 is 10.6 Å². The summed E-state index contributed by atoms with van der Waals surface area (Å²) in [6.45, 7) is 8.66. The molecule has 1 aliphatic carbocycles. The van der Waals surface area contributed by atoms with Gasteiger partial charge in [-0.3, -0.25) is 4.79 Å². The van der Waals surface area contributed by atoms with Crippen molar-refractivity contribution >= 4 is 23.2 Å². The average molecular weight is 461 g/mol. The van der Waals surface area contributed by atoms with Crippen molar-refractivity contribution in [3.05, 3.63) is 76.3 Å². The van der Waals surface area contributed by atoms with Crippen molar-refractivity contribution in [2.24, 2.45) is 0 Å². The third kappa shape index (κ3) is 4.89. The molecule has 2 N–H and O–H groups in total. The van der Waals surface area contributed by atoms with Gasteiger partial charge in [0.15, 0.2) is 11.5 Å². The topological polar surface area (TPSA) is 64.8 Å². The van der Waals surface area contributed by atoms with Gasteiger partial charge in [-0.15, -0.1) is 0 Å². The molecule has 0 atom stereocenters. The first-order valence-corrected chi connectivity index (χ1v) is 11.6. The van der Waals surface area contributed by atoms with Crippen LogP contribution in [0, 0.1) is 0 Å². The molecule has 2 aromatic carbocycles. The molecule has 0 aromatic heterocycles. The smallest absolute Gasteiger partial charge is 0.261 e. The summed E-state index contributed by atoms with van der Waals surface area (Å²) in [5.41, 5.74) is 15.1. The Morgan fingerprint density at radius 1 is 0.912 bits per heavy atom. The van der Waals surface area contributed by atoms with E-state index in [9.17, 15) is 4.79 Å². The van der Waals surface area contributed by atoms with Crippen molar-refractivity contribution in [2.45, 2.75) is 39.5 Å². The number of ketones is 1. The van der Waals surface area contributed by atoms with E-state index in [0.717, 1.165) is 44.8 Å². The van der Waals surface area contributed by atoms with Crippen LogP contribution in [0.2, 0.25) is 0 Å². The number of ether oxygens (including phenoxy) is 2. The van der Waals surface area contributed by atoms with Crippen LogP contribution in [0.1, 0.15) is 56.2 Å². The first kappa shape index (κ1) is 25.2. The number of nitrogen functional groups attached to an aromatic ring is 1. The maximum absolute atomic E-state index is 12.5. The van der Waals surface area contributed by atoms with Crippen molar-refractivity contribution in [2.75, 3.05) is 38.9 Å². The van der Waals surface area contributed by atoms with E-state index in [-0.39, 0.29) is 29.1 Å². The third-order valence-electron chi connectivity index (χ3n) is 6.15. The Morgan fingerprint density at radius 3 is 1.91 bits per heavy atom. The van der Waals surface area contributed by atoms with Crippen LogP contribution in [-0.4, -0.2) is 34.1 Å². The standard InChI is InChI=1S/C29H36N2O3/c1-17(2)23-16-21(13-19-14-24(33-7)29(32)25(15-19)34-8)27(26(18(3)4)28(23)30)20-9-11-22(12-10-20)31(5)6/h9-18H,30H2,1-8H3. The van der Waals surface area contributed by atoms with Crippen LogP contribution in [0.15, 0.2) is 59.6 Å². The fourth-order valence-corrected chi connectivity index (χ4v) is 4.37. The van der Waals surface area contributed by atoms with Crippen molar-refractivity contribution in [1.29, 1.82) is 0 Å². The molecule has 0 radical (unpaired) electrons. The molecule has 5 nitrogen and oxygen atoms in total. The van der Waals surface area contributed by atoms with Gasteiger partial charge in [0.2, 0.25) is 0 Å². The Labute approximate surface area is 203 Å². The number of hydrogen-bond donors (Lipinski definition) is 1. The highest BCUT2D eigenvalue weighted by Crippen LogP contribution is 2.42. The molecule has 0 amide bonds. The SMILES string of the molecule is COC1=CC(=Cc2cc(C(C)C)c(N)c(C(C)C)c2-c2ccc(N(C)C)cc2)C=C(OC)C1=O. The molecule has 1 aliphatic rings. The van der Waals surface area contributed by atoms with Crippen molar-refractivity contribution in [1.82, 2.24) is 0 Å². The number of anilines is 2. The number of rotatable bonds is 7. The van der Waals surface area contributed by atoms with Crippen LogP contribution in [0.3, 0.4) is 0 Å². The molecule has 0 saturated carbocycles. The summed E-state index contributed by atoms with van der Waals surface area (Å²) >= 11 is 0. The van der Waals surface area contributed by atoms with Gasteiger partial charge in [0.1, 0.15) is 0 Å². The van der Waals surface area contributed by atoms with Gasteiger partial charge in [0, 0.05) is 25.5 Å². The lowest BCUT2D eigenvalue weighted by molar-refractivity contribution is -0.117. The molecule has 0 unspecified atom stereocenters. The number of methoxy groups -OCH3 is 2. The number of allylic oxidation sites excluding steroid dienone is 3. The molecule has 0 heterocycles. The molecule has 0 saturated heterocycles. The van der Waals surface area contributed by atoms with Gasteiger partial charge in [-0.1, -0.05) is 39.8 Å². The molecular weight excluding hydrogens is 424 g/mol. The first-order chi connectivity index (χ1) is 16.1. The van der Waals surface area contributed by atoms with Gasteiger partial charge in [-0.25, -0.2) is 0 Å². The largest absolute Gasteiger partial charge is 0.492 e. The number of carbonyl (C=O) groups excluding carboxylic acids is 1. The lowest BCUT2D eigenvalue weighted by Crippen LogP contribution is -2.13. The molecule has 2 aromatic rings. The van der Waals surface area contributed by atoms with Crippen LogP contribution in [0.5, 0.6) is 0 Å². The molecule has 0 bridgehead atoms. The van der Waals surface area contributed by atoms with E-state index in [1.807, 2.05) is 14.1 Å². The number of nitrogens with zero attached hydrogens (tertiary/aromatic N) is 1. The van der Waals surface area contributed by atoms with Gasteiger partial charge in [-0.05, 0) is 81.7 Å². The first-order valence-electron chi connectivity index (χ1n) is 11.6. The molecule has 0 aliphatic heterocycles. The van der Waals surface area contributed by atoms with E-state index < -0.39 is 0 Å². The van der Waals surface area contributed by atoms with E-state index in [1.165, 1.54) is 14.2 Å². The van der Waals surface area contributed by atoms with Crippen LogP contribution >= 0.6 is 0 Å². The summed E-state index contributed by atoms with van der Waals surface area (Å²) in [5, 5.41) is 0. The summed E-state index contributed by atoms with van der Waals surface area (Å²) in [6, 6.07) is 10.7. The number of carbonyl (C=O) groups is 1. The number of hydrogen-bond acceptors (Lipinski definition) is 5. The Hall–Kier alpha value is -3.47. The van der Waals surface area contributed by atoms with Crippen LogP contribution in [0.25, 0.3) is 17.2 Å². The lowest BCUT2D eigenvalue weighted by atomic mass is 9.82. The highest BCUT2D eigenvalue weighted by atomic mass is 16.5. The third-order valence-corrected chi connectivity index (χ3v) is 6.15. The monoisotopic (exact) mass is 460 g/mol. The second-order valence-corrected chi connectivity index (χ2v) is 9.41.